The number of carbonyl (C=O) groups excluding carboxylic acids is 1. The van der Waals surface area contributed by atoms with Crippen LogP contribution in [0.15, 0.2) is 18.2 Å². The molecule has 0 spiro atoms. The van der Waals surface area contributed by atoms with Crippen molar-refractivity contribution in [2.45, 2.75) is 44.4 Å². The quantitative estimate of drug-likeness (QED) is 0.781. The second-order valence-corrected chi connectivity index (χ2v) is 6.48. The summed E-state index contributed by atoms with van der Waals surface area (Å²) in [6, 6.07) is 5.56. The second kappa shape index (κ2) is 8.23. The average Bonchev–Trinajstić information content (AvgIpc) is 3.10. The van der Waals surface area contributed by atoms with Gasteiger partial charge in [0.25, 0.3) is 0 Å². The normalized spacial score (nSPS) is 15.6. The standard InChI is InChI=1S/C19H27NO5/c1-4-11-20(13-17(21)22)18(23)19(9-5-6-10-19)14-7-8-15(24-2)16(12-14)25-3/h7-8,12H,4-6,9-11,13H2,1-3H3,(H,21,22). The number of hydrogen-bond acceptors (Lipinski definition) is 4. The Hall–Kier alpha value is -2.24. The molecule has 2 rings (SSSR count). The van der Waals surface area contributed by atoms with Gasteiger partial charge in [0, 0.05) is 6.54 Å². The number of aliphatic carboxylic acids is 1. The van der Waals surface area contributed by atoms with Gasteiger partial charge in [0.05, 0.1) is 19.6 Å². The molecule has 1 aromatic carbocycles. The minimum Gasteiger partial charge on any atom is -0.493 e. The summed E-state index contributed by atoms with van der Waals surface area (Å²) < 4.78 is 10.7. The van der Waals surface area contributed by atoms with Gasteiger partial charge in [-0.2, -0.15) is 0 Å². The Labute approximate surface area is 148 Å². The Balaban J connectivity index is 2.43. The van der Waals surface area contributed by atoms with Crippen LogP contribution in [-0.4, -0.2) is 49.2 Å². The van der Waals surface area contributed by atoms with E-state index in [1.807, 2.05) is 25.1 Å². The minimum atomic E-state index is -0.984. The zero-order valence-corrected chi connectivity index (χ0v) is 15.2. The molecule has 0 aliphatic heterocycles. The first-order valence-corrected chi connectivity index (χ1v) is 8.72. The number of carbonyl (C=O) groups is 2. The Morgan fingerprint density at radius 1 is 1.16 bits per heavy atom. The molecule has 6 heteroatoms. The molecule has 0 heterocycles. The highest BCUT2D eigenvalue weighted by Gasteiger charge is 2.45. The molecule has 1 amide bonds. The van der Waals surface area contributed by atoms with Crippen molar-refractivity contribution in [2.24, 2.45) is 0 Å². The second-order valence-electron chi connectivity index (χ2n) is 6.48. The Morgan fingerprint density at radius 2 is 1.80 bits per heavy atom. The fraction of sp³-hybridized carbons (Fsp3) is 0.579. The molecule has 1 fully saturated rings. The van der Waals surface area contributed by atoms with Crippen LogP contribution in [0.3, 0.4) is 0 Å². The third-order valence-electron chi connectivity index (χ3n) is 4.91. The first kappa shape index (κ1) is 19.1. The number of carboxylic acid groups (broad SMARTS) is 1. The fourth-order valence-electron chi connectivity index (χ4n) is 3.73. The van der Waals surface area contributed by atoms with E-state index < -0.39 is 11.4 Å². The number of ether oxygens (including phenoxy) is 2. The third-order valence-corrected chi connectivity index (χ3v) is 4.91. The minimum absolute atomic E-state index is 0.0959. The van der Waals surface area contributed by atoms with Crippen molar-refractivity contribution in [1.82, 2.24) is 4.90 Å². The summed E-state index contributed by atoms with van der Waals surface area (Å²) in [7, 11) is 3.14. The molecular weight excluding hydrogens is 322 g/mol. The Kier molecular flexibility index (Phi) is 6.28. The van der Waals surface area contributed by atoms with Gasteiger partial charge in [-0.1, -0.05) is 25.8 Å². The van der Waals surface area contributed by atoms with Gasteiger partial charge in [0.15, 0.2) is 11.5 Å². The van der Waals surface area contributed by atoms with Gasteiger partial charge in [-0.15, -0.1) is 0 Å². The molecule has 0 unspecified atom stereocenters. The summed E-state index contributed by atoms with van der Waals surface area (Å²) in [5.74, 6) is 0.117. The molecule has 1 saturated carbocycles. The van der Waals surface area contributed by atoms with E-state index in [-0.39, 0.29) is 12.5 Å². The number of amides is 1. The largest absolute Gasteiger partial charge is 0.493 e. The lowest BCUT2D eigenvalue weighted by molar-refractivity contribution is -0.147. The van der Waals surface area contributed by atoms with Crippen LogP contribution in [0.25, 0.3) is 0 Å². The van der Waals surface area contributed by atoms with Crippen molar-refractivity contribution in [2.75, 3.05) is 27.3 Å². The smallest absolute Gasteiger partial charge is 0.323 e. The van der Waals surface area contributed by atoms with Crippen LogP contribution in [0.1, 0.15) is 44.6 Å². The number of methoxy groups -OCH3 is 2. The van der Waals surface area contributed by atoms with Crippen molar-refractivity contribution in [3.05, 3.63) is 23.8 Å². The van der Waals surface area contributed by atoms with Gasteiger partial charge in [-0.25, -0.2) is 0 Å². The highest BCUT2D eigenvalue weighted by atomic mass is 16.5. The summed E-state index contributed by atoms with van der Waals surface area (Å²) in [6.07, 6.45) is 4.07. The highest BCUT2D eigenvalue weighted by molar-refractivity contribution is 5.91. The van der Waals surface area contributed by atoms with Crippen molar-refractivity contribution < 1.29 is 24.2 Å². The topological polar surface area (TPSA) is 76.1 Å². The molecule has 1 aliphatic carbocycles. The van der Waals surface area contributed by atoms with Crippen LogP contribution in [0, 0.1) is 0 Å². The molecule has 0 atom stereocenters. The van der Waals surface area contributed by atoms with Crippen molar-refractivity contribution in [3.63, 3.8) is 0 Å². The van der Waals surface area contributed by atoms with Gasteiger partial charge < -0.3 is 19.5 Å². The molecule has 6 nitrogen and oxygen atoms in total. The SMILES string of the molecule is CCCN(CC(=O)O)C(=O)C1(c2ccc(OC)c(OC)c2)CCCC1. The molecular formula is C19H27NO5. The first-order chi connectivity index (χ1) is 12.0. The summed E-state index contributed by atoms with van der Waals surface area (Å²) >= 11 is 0. The first-order valence-electron chi connectivity index (χ1n) is 8.72. The molecule has 25 heavy (non-hydrogen) atoms. The zero-order chi connectivity index (χ0) is 18.4. The monoisotopic (exact) mass is 349 g/mol. The molecule has 0 aromatic heterocycles. The average molecular weight is 349 g/mol. The lowest BCUT2D eigenvalue weighted by Gasteiger charge is -2.34. The molecule has 0 saturated heterocycles. The fourth-order valence-corrected chi connectivity index (χ4v) is 3.73. The number of rotatable bonds is 8. The van der Waals surface area contributed by atoms with E-state index in [1.165, 1.54) is 4.90 Å². The molecule has 0 radical (unpaired) electrons. The van der Waals surface area contributed by atoms with E-state index in [4.69, 9.17) is 9.47 Å². The summed E-state index contributed by atoms with van der Waals surface area (Å²) in [4.78, 5) is 26.0. The van der Waals surface area contributed by atoms with Crippen LogP contribution in [0.2, 0.25) is 0 Å². The van der Waals surface area contributed by atoms with Crippen LogP contribution in [0.4, 0.5) is 0 Å². The number of carboxylic acids is 1. The van der Waals surface area contributed by atoms with Crippen molar-refractivity contribution in [1.29, 1.82) is 0 Å². The Bertz CT molecular complexity index is 622. The predicted molar refractivity (Wildman–Crippen MR) is 94.2 cm³/mol. The number of benzene rings is 1. The summed E-state index contributed by atoms with van der Waals surface area (Å²) in [5, 5.41) is 9.18. The van der Waals surface area contributed by atoms with E-state index in [1.54, 1.807) is 14.2 Å². The molecule has 138 valence electrons. The lowest BCUT2D eigenvalue weighted by atomic mass is 9.77. The number of nitrogens with zero attached hydrogens (tertiary/aromatic N) is 1. The van der Waals surface area contributed by atoms with Crippen LogP contribution >= 0.6 is 0 Å². The lowest BCUT2D eigenvalue weighted by Crippen LogP contribution is -2.47. The van der Waals surface area contributed by atoms with E-state index in [2.05, 4.69) is 0 Å². The van der Waals surface area contributed by atoms with Gasteiger partial charge in [0.1, 0.15) is 6.54 Å². The van der Waals surface area contributed by atoms with Gasteiger partial charge in [0.2, 0.25) is 5.91 Å². The van der Waals surface area contributed by atoms with E-state index in [0.717, 1.165) is 37.7 Å². The summed E-state index contributed by atoms with van der Waals surface area (Å²) in [5.41, 5.74) is 0.198. The van der Waals surface area contributed by atoms with Crippen LogP contribution < -0.4 is 9.47 Å². The zero-order valence-electron chi connectivity index (χ0n) is 15.2. The molecule has 1 N–H and O–H groups in total. The molecule has 0 bridgehead atoms. The van der Waals surface area contributed by atoms with E-state index >= 15 is 0 Å². The van der Waals surface area contributed by atoms with Crippen molar-refractivity contribution >= 4 is 11.9 Å². The maximum absolute atomic E-state index is 13.3. The summed E-state index contributed by atoms with van der Waals surface area (Å²) in [6.45, 7) is 2.13. The Morgan fingerprint density at radius 3 is 2.32 bits per heavy atom. The van der Waals surface area contributed by atoms with E-state index in [0.29, 0.717) is 18.0 Å². The molecule has 1 aliphatic rings. The van der Waals surface area contributed by atoms with Crippen LogP contribution in [0.5, 0.6) is 11.5 Å². The van der Waals surface area contributed by atoms with Crippen molar-refractivity contribution in [3.8, 4) is 11.5 Å². The van der Waals surface area contributed by atoms with Gasteiger partial charge in [-0.05, 0) is 37.0 Å². The predicted octanol–water partition coefficient (Wildman–Crippen LogP) is 2.84. The molecule has 1 aromatic rings. The van der Waals surface area contributed by atoms with Gasteiger partial charge in [-0.3, -0.25) is 9.59 Å². The maximum Gasteiger partial charge on any atom is 0.323 e. The maximum atomic E-state index is 13.3. The highest BCUT2D eigenvalue weighted by Crippen LogP contribution is 2.45. The third kappa shape index (κ3) is 3.89. The van der Waals surface area contributed by atoms with E-state index in [9.17, 15) is 14.7 Å². The van der Waals surface area contributed by atoms with Crippen LogP contribution in [-0.2, 0) is 15.0 Å². The number of hydrogen-bond donors (Lipinski definition) is 1. The van der Waals surface area contributed by atoms with Gasteiger partial charge >= 0.3 is 5.97 Å².